The molecule has 0 radical (unpaired) electrons. The second-order valence-electron chi connectivity index (χ2n) is 3.81. The van der Waals surface area contributed by atoms with Gasteiger partial charge in [0.05, 0.1) is 6.61 Å². The smallest absolute Gasteiger partial charge is 0.123 e. The first-order chi connectivity index (χ1) is 8.22. The minimum atomic E-state index is 0.223. The Labute approximate surface area is 102 Å². The van der Waals surface area contributed by atoms with E-state index in [1.54, 1.807) is 19.2 Å². The van der Waals surface area contributed by atoms with Crippen molar-refractivity contribution in [1.82, 2.24) is 0 Å². The average Bonchev–Trinajstić information content (AvgIpc) is 2.26. The van der Waals surface area contributed by atoms with Gasteiger partial charge in [0, 0.05) is 26.4 Å². The van der Waals surface area contributed by atoms with Crippen molar-refractivity contribution >= 4 is 0 Å². The number of ether oxygens (including phenoxy) is 3. The molecule has 0 unspecified atom stereocenters. The number of benzene rings is 1. The molecule has 0 spiro atoms. The van der Waals surface area contributed by atoms with Gasteiger partial charge in [-0.15, -0.1) is 0 Å². The van der Waals surface area contributed by atoms with E-state index < -0.39 is 0 Å². The molecule has 1 N–H and O–H groups in total. The summed E-state index contributed by atoms with van der Waals surface area (Å²) in [6.45, 7) is 4.32. The van der Waals surface area contributed by atoms with E-state index >= 15 is 0 Å². The zero-order valence-corrected chi connectivity index (χ0v) is 10.4. The molecule has 0 saturated heterocycles. The van der Waals surface area contributed by atoms with Crippen LogP contribution in [0, 0.1) is 6.92 Å². The number of phenols is 1. The molecule has 4 nitrogen and oxygen atoms in total. The summed E-state index contributed by atoms with van der Waals surface area (Å²) < 4.78 is 15.7. The van der Waals surface area contributed by atoms with E-state index in [0.29, 0.717) is 32.2 Å². The lowest BCUT2D eigenvalue weighted by atomic mass is 10.2. The lowest BCUT2D eigenvalue weighted by Gasteiger charge is -2.08. The largest absolute Gasteiger partial charge is 0.508 e. The molecular formula is C13H20O4. The van der Waals surface area contributed by atoms with Crippen LogP contribution in [-0.4, -0.2) is 38.6 Å². The quantitative estimate of drug-likeness (QED) is 0.707. The Morgan fingerprint density at radius 2 is 1.88 bits per heavy atom. The predicted molar refractivity (Wildman–Crippen MR) is 65.7 cm³/mol. The van der Waals surface area contributed by atoms with Crippen LogP contribution in [0.4, 0.5) is 0 Å². The van der Waals surface area contributed by atoms with Gasteiger partial charge in [-0.05, 0) is 31.0 Å². The molecule has 0 fully saturated rings. The van der Waals surface area contributed by atoms with E-state index in [1.165, 1.54) is 0 Å². The van der Waals surface area contributed by atoms with Crippen molar-refractivity contribution in [2.24, 2.45) is 0 Å². The zero-order chi connectivity index (χ0) is 12.5. The SMILES string of the molecule is COCCCOCCOc1cc(C)cc(O)c1. The van der Waals surface area contributed by atoms with Crippen LogP contribution < -0.4 is 4.74 Å². The van der Waals surface area contributed by atoms with Crippen LogP contribution in [0.5, 0.6) is 11.5 Å². The summed E-state index contributed by atoms with van der Waals surface area (Å²) in [4.78, 5) is 0. The van der Waals surface area contributed by atoms with Gasteiger partial charge in [-0.2, -0.15) is 0 Å². The first-order valence-corrected chi connectivity index (χ1v) is 5.72. The second-order valence-corrected chi connectivity index (χ2v) is 3.81. The number of aromatic hydroxyl groups is 1. The van der Waals surface area contributed by atoms with E-state index in [-0.39, 0.29) is 5.75 Å². The van der Waals surface area contributed by atoms with E-state index in [4.69, 9.17) is 14.2 Å². The summed E-state index contributed by atoms with van der Waals surface area (Å²) in [5.41, 5.74) is 0.973. The van der Waals surface area contributed by atoms with Crippen LogP contribution in [0.1, 0.15) is 12.0 Å². The van der Waals surface area contributed by atoms with Gasteiger partial charge in [0.15, 0.2) is 0 Å². The molecule has 0 aliphatic carbocycles. The fourth-order valence-electron chi connectivity index (χ4n) is 1.44. The topological polar surface area (TPSA) is 47.9 Å². The minimum absolute atomic E-state index is 0.223. The van der Waals surface area contributed by atoms with Gasteiger partial charge in [0.25, 0.3) is 0 Å². The Kier molecular flexibility index (Phi) is 6.43. The van der Waals surface area contributed by atoms with Gasteiger partial charge >= 0.3 is 0 Å². The van der Waals surface area contributed by atoms with Gasteiger partial charge in [-0.25, -0.2) is 0 Å². The highest BCUT2D eigenvalue weighted by molar-refractivity contribution is 5.36. The number of hydrogen-bond acceptors (Lipinski definition) is 4. The summed E-state index contributed by atoms with van der Waals surface area (Å²) in [5.74, 6) is 0.893. The van der Waals surface area contributed by atoms with Crippen molar-refractivity contribution in [2.75, 3.05) is 33.5 Å². The van der Waals surface area contributed by atoms with Crippen molar-refractivity contribution in [3.8, 4) is 11.5 Å². The Balaban J connectivity index is 2.13. The molecule has 0 saturated carbocycles. The molecule has 0 aliphatic heterocycles. The highest BCUT2D eigenvalue weighted by Crippen LogP contribution is 2.20. The van der Waals surface area contributed by atoms with E-state index in [0.717, 1.165) is 12.0 Å². The summed E-state index contributed by atoms with van der Waals surface area (Å²) in [6, 6.07) is 5.16. The maximum Gasteiger partial charge on any atom is 0.123 e. The van der Waals surface area contributed by atoms with Gasteiger partial charge in [0.2, 0.25) is 0 Å². The number of phenolic OH excluding ortho intramolecular Hbond substituents is 1. The normalized spacial score (nSPS) is 10.5. The number of rotatable bonds is 8. The third-order valence-corrected chi connectivity index (χ3v) is 2.17. The van der Waals surface area contributed by atoms with Gasteiger partial charge in [0.1, 0.15) is 18.1 Å². The summed E-state index contributed by atoms with van der Waals surface area (Å²) in [5, 5.41) is 9.37. The van der Waals surface area contributed by atoms with Crippen LogP contribution in [0.25, 0.3) is 0 Å². The lowest BCUT2D eigenvalue weighted by molar-refractivity contribution is 0.0806. The van der Waals surface area contributed by atoms with Crippen LogP contribution in [0.3, 0.4) is 0 Å². The molecule has 0 heterocycles. The Morgan fingerprint density at radius 1 is 1.06 bits per heavy atom. The molecule has 0 aliphatic rings. The first-order valence-electron chi connectivity index (χ1n) is 5.72. The minimum Gasteiger partial charge on any atom is -0.508 e. The average molecular weight is 240 g/mol. The Hall–Kier alpha value is -1.26. The third kappa shape index (κ3) is 6.14. The standard InChI is InChI=1S/C13H20O4/c1-11-8-12(14)10-13(9-11)17-7-6-16-5-3-4-15-2/h8-10,14H,3-7H2,1-2H3. The maximum absolute atomic E-state index is 9.37. The molecule has 1 aromatic carbocycles. The molecule has 1 rings (SSSR count). The first kappa shape index (κ1) is 13.8. The fourth-order valence-corrected chi connectivity index (χ4v) is 1.44. The van der Waals surface area contributed by atoms with E-state index in [9.17, 15) is 5.11 Å². The molecule has 96 valence electrons. The zero-order valence-electron chi connectivity index (χ0n) is 10.4. The molecule has 0 amide bonds. The van der Waals surface area contributed by atoms with Crippen LogP contribution in [0.15, 0.2) is 18.2 Å². The summed E-state index contributed by atoms with van der Waals surface area (Å²) in [7, 11) is 1.67. The van der Waals surface area contributed by atoms with E-state index in [1.807, 2.05) is 13.0 Å². The molecule has 0 aromatic heterocycles. The Morgan fingerprint density at radius 3 is 2.59 bits per heavy atom. The van der Waals surface area contributed by atoms with Crippen molar-refractivity contribution in [1.29, 1.82) is 0 Å². The fraction of sp³-hybridized carbons (Fsp3) is 0.538. The van der Waals surface area contributed by atoms with Crippen LogP contribution in [-0.2, 0) is 9.47 Å². The number of methoxy groups -OCH3 is 1. The maximum atomic E-state index is 9.37. The summed E-state index contributed by atoms with van der Waals surface area (Å²) in [6.07, 6.45) is 0.891. The van der Waals surface area contributed by atoms with Crippen molar-refractivity contribution in [2.45, 2.75) is 13.3 Å². The number of aryl methyl sites for hydroxylation is 1. The predicted octanol–water partition coefficient (Wildman–Crippen LogP) is 2.13. The van der Waals surface area contributed by atoms with Gasteiger partial charge < -0.3 is 19.3 Å². The highest BCUT2D eigenvalue weighted by atomic mass is 16.5. The molecule has 0 atom stereocenters. The molecular weight excluding hydrogens is 220 g/mol. The third-order valence-electron chi connectivity index (χ3n) is 2.17. The van der Waals surface area contributed by atoms with E-state index in [2.05, 4.69) is 0 Å². The molecule has 4 heteroatoms. The monoisotopic (exact) mass is 240 g/mol. The van der Waals surface area contributed by atoms with Crippen molar-refractivity contribution in [3.05, 3.63) is 23.8 Å². The molecule has 0 bridgehead atoms. The van der Waals surface area contributed by atoms with Crippen molar-refractivity contribution in [3.63, 3.8) is 0 Å². The van der Waals surface area contributed by atoms with Crippen LogP contribution >= 0.6 is 0 Å². The molecule has 1 aromatic rings. The lowest BCUT2D eigenvalue weighted by Crippen LogP contribution is -2.08. The van der Waals surface area contributed by atoms with Gasteiger partial charge in [-0.3, -0.25) is 0 Å². The van der Waals surface area contributed by atoms with Gasteiger partial charge in [-0.1, -0.05) is 0 Å². The highest BCUT2D eigenvalue weighted by Gasteiger charge is 1.98. The number of hydrogen-bond donors (Lipinski definition) is 1. The van der Waals surface area contributed by atoms with Crippen LogP contribution in [0.2, 0.25) is 0 Å². The summed E-state index contributed by atoms with van der Waals surface area (Å²) >= 11 is 0. The Bertz CT molecular complexity index is 305. The second kappa shape index (κ2) is 7.92. The molecule has 17 heavy (non-hydrogen) atoms. The van der Waals surface area contributed by atoms with Crippen molar-refractivity contribution < 1.29 is 19.3 Å².